The van der Waals surface area contributed by atoms with Gasteiger partial charge in [0.05, 0.1) is 21.6 Å². The molecule has 2 aliphatic rings. The second-order valence-corrected chi connectivity index (χ2v) is 11.6. The van der Waals surface area contributed by atoms with E-state index in [-0.39, 0.29) is 22.9 Å². The van der Waals surface area contributed by atoms with Crippen LogP contribution >= 0.6 is 23.1 Å². The number of thiazole rings is 1. The zero-order valence-corrected chi connectivity index (χ0v) is 22.9. The fraction of sp³-hybridized carbons (Fsp3) is 0.143. The minimum absolute atomic E-state index is 0.176. The molecule has 0 bridgehead atoms. The predicted molar refractivity (Wildman–Crippen MR) is 152 cm³/mol. The lowest BCUT2D eigenvalue weighted by molar-refractivity contribution is -0.384. The number of nitrogens with one attached hydrogen (secondary N) is 2. The average molecular weight is 607 g/mol. The minimum Gasteiger partial charge on any atom is -0.484 e. The van der Waals surface area contributed by atoms with Crippen LogP contribution in [0.25, 0.3) is 0 Å². The topological polar surface area (TPSA) is 152 Å². The number of fused-ring (bicyclic) bond motifs is 2. The number of carbonyl (C=O) groups excluding carboxylic acids is 3. The van der Waals surface area contributed by atoms with Gasteiger partial charge in [0, 0.05) is 28.6 Å². The number of nitrogens with zero attached hydrogens (tertiary/aromatic N) is 2. The minimum atomic E-state index is -0.867. The van der Waals surface area contributed by atoms with Crippen LogP contribution in [0.3, 0.4) is 0 Å². The van der Waals surface area contributed by atoms with Gasteiger partial charge in [-0.25, -0.2) is 9.29 Å². The fourth-order valence-corrected chi connectivity index (χ4v) is 7.55. The maximum Gasteiger partial charge on any atom is 0.305 e. The van der Waals surface area contributed by atoms with Gasteiger partial charge in [0.2, 0.25) is 11.8 Å². The van der Waals surface area contributed by atoms with Gasteiger partial charge >= 0.3 is 4.87 Å². The molecule has 6 rings (SSSR count). The van der Waals surface area contributed by atoms with Crippen molar-refractivity contribution in [1.82, 2.24) is 4.98 Å². The molecule has 11 nitrogen and oxygen atoms in total. The highest BCUT2D eigenvalue weighted by atomic mass is 32.2. The Kier molecular flexibility index (Phi) is 7.08. The zero-order valence-electron chi connectivity index (χ0n) is 21.3. The molecule has 2 aliphatic heterocycles. The van der Waals surface area contributed by atoms with Gasteiger partial charge in [-0.1, -0.05) is 35.2 Å². The molecule has 0 unspecified atom stereocenters. The third-order valence-electron chi connectivity index (χ3n) is 6.86. The zero-order chi connectivity index (χ0) is 29.5. The largest absolute Gasteiger partial charge is 0.484 e. The first kappa shape index (κ1) is 27.4. The van der Waals surface area contributed by atoms with Crippen molar-refractivity contribution in [3.63, 3.8) is 0 Å². The molecule has 0 aliphatic carbocycles. The molecule has 3 heterocycles. The number of H-pyrrole nitrogens is 1. The van der Waals surface area contributed by atoms with Crippen molar-refractivity contribution in [3.05, 3.63) is 109 Å². The Balaban J connectivity index is 1.28. The van der Waals surface area contributed by atoms with Gasteiger partial charge in [-0.3, -0.25) is 29.3 Å². The Morgan fingerprint density at radius 2 is 1.79 bits per heavy atom. The number of hydrogen-bond donors (Lipinski definition) is 2. The summed E-state index contributed by atoms with van der Waals surface area (Å²) in [7, 11) is 0. The second-order valence-electron chi connectivity index (χ2n) is 9.45. The summed E-state index contributed by atoms with van der Waals surface area (Å²) in [4.78, 5) is 66.7. The van der Waals surface area contributed by atoms with E-state index in [1.54, 1.807) is 24.3 Å². The number of ether oxygens (including phenoxy) is 1. The van der Waals surface area contributed by atoms with Crippen LogP contribution in [0, 0.1) is 21.8 Å². The lowest BCUT2D eigenvalue weighted by Gasteiger charge is -2.30. The fourth-order valence-electron chi connectivity index (χ4n) is 5.03. The first-order valence-electron chi connectivity index (χ1n) is 12.5. The molecule has 14 heteroatoms. The molecule has 3 amide bonds. The number of thioether (sulfide) groups is 1. The van der Waals surface area contributed by atoms with Crippen molar-refractivity contribution in [3.8, 4) is 5.75 Å². The number of rotatable bonds is 7. The van der Waals surface area contributed by atoms with Crippen LogP contribution < -0.4 is 19.8 Å². The smallest absolute Gasteiger partial charge is 0.305 e. The highest BCUT2D eigenvalue weighted by Gasteiger charge is 2.56. The molecule has 42 heavy (non-hydrogen) atoms. The summed E-state index contributed by atoms with van der Waals surface area (Å²) >= 11 is 2.07. The summed E-state index contributed by atoms with van der Waals surface area (Å²) in [5, 5.41) is 13.3. The van der Waals surface area contributed by atoms with Crippen molar-refractivity contribution >= 4 is 57.9 Å². The molecule has 4 aromatic rings. The third-order valence-corrected chi connectivity index (χ3v) is 9.26. The number of nitro groups is 1. The molecular weight excluding hydrogens is 587 g/mol. The second kappa shape index (κ2) is 10.9. The first-order valence-corrected chi connectivity index (χ1v) is 14.2. The van der Waals surface area contributed by atoms with Gasteiger partial charge in [-0.2, -0.15) is 0 Å². The Morgan fingerprint density at radius 3 is 2.50 bits per heavy atom. The van der Waals surface area contributed by atoms with Crippen LogP contribution in [-0.2, 0) is 14.4 Å². The molecule has 212 valence electrons. The Hall–Kier alpha value is -4.82. The summed E-state index contributed by atoms with van der Waals surface area (Å²) in [5.41, 5.74) is 1.04. The summed E-state index contributed by atoms with van der Waals surface area (Å²) in [6.07, 6.45) is 0. The van der Waals surface area contributed by atoms with E-state index in [0.717, 1.165) is 28.0 Å². The van der Waals surface area contributed by atoms with Gasteiger partial charge < -0.3 is 15.0 Å². The number of halogens is 1. The normalized spacial score (nSPS) is 19.3. The number of nitro benzene ring substituents is 1. The SMILES string of the molecule is O=C(COc1cccc([C@@H]2c3sc(=O)[nH]c3S[C@H]3C(=O)N(c4ccc([N+](=O)[O-])cc4)C(=O)[C@@H]23)c1)Nc1ccc(F)cc1. The van der Waals surface area contributed by atoms with Crippen molar-refractivity contribution in [2.45, 2.75) is 16.2 Å². The van der Waals surface area contributed by atoms with E-state index >= 15 is 0 Å². The van der Waals surface area contributed by atoms with Crippen LogP contribution in [0.5, 0.6) is 5.75 Å². The molecule has 1 fully saturated rings. The van der Waals surface area contributed by atoms with Gasteiger partial charge in [0.15, 0.2) is 6.61 Å². The number of imide groups is 1. The maximum atomic E-state index is 13.8. The summed E-state index contributed by atoms with van der Waals surface area (Å²) in [6.45, 7) is -0.346. The van der Waals surface area contributed by atoms with E-state index < -0.39 is 45.5 Å². The summed E-state index contributed by atoms with van der Waals surface area (Å²) < 4.78 is 18.8. The monoisotopic (exact) mass is 606 g/mol. The number of carbonyl (C=O) groups is 3. The quantitative estimate of drug-likeness (QED) is 0.180. The number of aromatic amines is 1. The van der Waals surface area contributed by atoms with Gasteiger partial charge in [-0.05, 0) is 54.1 Å². The Morgan fingerprint density at radius 1 is 1.05 bits per heavy atom. The average Bonchev–Trinajstić information content (AvgIpc) is 3.47. The predicted octanol–water partition coefficient (Wildman–Crippen LogP) is 4.30. The molecule has 0 saturated carbocycles. The van der Waals surface area contributed by atoms with E-state index in [0.29, 0.717) is 26.9 Å². The molecule has 1 saturated heterocycles. The number of anilines is 2. The number of hydrogen-bond acceptors (Lipinski definition) is 9. The summed E-state index contributed by atoms with van der Waals surface area (Å²) in [6, 6.07) is 17.2. The number of amides is 3. The summed E-state index contributed by atoms with van der Waals surface area (Å²) in [5.74, 6) is -3.10. The van der Waals surface area contributed by atoms with Crippen LogP contribution in [-0.4, -0.2) is 39.5 Å². The van der Waals surface area contributed by atoms with Crippen LogP contribution in [0.1, 0.15) is 16.4 Å². The standard InChI is InChI=1S/C28H19FN4O7S2/c29-15-4-6-16(7-5-15)30-20(34)13-40-19-3-1-2-14(12-19)21-22-24(41-25-23(21)42-28(37)31-25)27(36)32(26(22)35)17-8-10-18(11-9-17)33(38)39/h1-12,21-22,24H,13H2,(H,30,34)(H,31,37)/t21-,22-,24+/m0/s1. The van der Waals surface area contributed by atoms with E-state index in [1.165, 1.54) is 48.5 Å². The first-order chi connectivity index (χ1) is 20.2. The lowest BCUT2D eigenvalue weighted by Crippen LogP contribution is -2.32. The third kappa shape index (κ3) is 5.05. The molecule has 3 aromatic carbocycles. The van der Waals surface area contributed by atoms with Gasteiger partial charge in [0.25, 0.3) is 11.6 Å². The van der Waals surface area contributed by atoms with Gasteiger partial charge in [-0.15, -0.1) is 0 Å². The van der Waals surface area contributed by atoms with Crippen molar-refractivity contribution in [1.29, 1.82) is 0 Å². The Bertz CT molecular complexity index is 1790. The van der Waals surface area contributed by atoms with E-state index in [1.807, 2.05) is 0 Å². The molecule has 0 radical (unpaired) electrons. The highest BCUT2D eigenvalue weighted by Crippen LogP contribution is 2.53. The molecule has 3 atom stereocenters. The molecular formula is C28H19FN4O7S2. The maximum absolute atomic E-state index is 13.8. The molecule has 0 spiro atoms. The van der Waals surface area contributed by atoms with Crippen LogP contribution in [0.2, 0.25) is 0 Å². The van der Waals surface area contributed by atoms with Gasteiger partial charge in [0.1, 0.15) is 16.8 Å². The van der Waals surface area contributed by atoms with Crippen molar-refractivity contribution in [2.24, 2.45) is 5.92 Å². The molecule has 1 aromatic heterocycles. The number of non-ortho nitro benzene ring substituents is 1. The molecule has 2 N–H and O–H groups in total. The highest BCUT2D eigenvalue weighted by molar-refractivity contribution is 8.00. The van der Waals surface area contributed by atoms with Crippen LogP contribution in [0.15, 0.2) is 82.6 Å². The van der Waals surface area contributed by atoms with Crippen molar-refractivity contribution < 1.29 is 28.4 Å². The van der Waals surface area contributed by atoms with E-state index in [2.05, 4.69) is 10.3 Å². The van der Waals surface area contributed by atoms with Crippen molar-refractivity contribution in [2.75, 3.05) is 16.8 Å². The Labute approximate surface area is 244 Å². The number of aromatic nitrogens is 1. The lowest BCUT2D eigenvalue weighted by atomic mass is 9.83. The van der Waals surface area contributed by atoms with E-state index in [9.17, 15) is 33.7 Å². The van der Waals surface area contributed by atoms with Crippen LogP contribution in [0.4, 0.5) is 21.5 Å². The van der Waals surface area contributed by atoms with E-state index in [4.69, 9.17) is 4.74 Å². The number of benzene rings is 3.